The predicted octanol–water partition coefficient (Wildman–Crippen LogP) is 1.14. The molecule has 1 rings (SSSR count). The maximum Gasteiger partial charge on any atom is 0.501 e. The number of sulfone groups is 1. The zero-order chi connectivity index (χ0) is 14.7. The lowest BCUT2D eigenvalue weighted by atomic mass is 10.3. The summed E-state index contributed by atoms with van der Waals surface area (Å²) in [6.45, 7) is -0.332. The molecule has 106 valence electrons. The second kappa shape index (κ2) is 5.47. The maximum atomic E-state index is 12.5. The van der Waals surface area contributed by atoms with Crippen LogP contribution in [0.15, 0.2) is 29.2 Å². The molecule has 9 heteroatoms. The quantitative estimate of drug-likeness (QED) is 0.873. The van der Waals surface area contributed by atoms with Crippen LogP contribution in [0.5, 0.6) is 0 Å². The van der Waals surface area contributed by atoms with Crippen molar-refractivity contribution in [1.29, 1.82) is 0 Å². The van der Waals surface area contributed by atoms with Crippen LogP contribution in [-0.4, -0.2) is 33.4 Å². The Labute approximate surface area is 107 Å². The Kier molecular flexibility index (Phi) is 4.40. The topological polar surface area (TPSA) is 75.3 Å². The third-order valence-corrected chi connectivity index (χ3v) is 3.74. The zero-order valence-electron chi connectivity index (χ0n) is 9.78. The summed E-state index contributed by atoms with van der Waals surface area (Å²) in [4.78, 5) is 10.1. The van der Waals surface area contributed by atoms with Gasteiger partial charge in [-0.1, -0.05) is 12.1 Å². The van der Waals surface area contributed by atoms with E-state index in [0.29, 0.717) is 0 Å². The van der Waals surface area contributed by atoms with E-state index in [1.807, 2.05) is 0 Å². The van der Waals surface area contributed by atoms with Crippen LogP contribution >= 0.6 is 0 Å². The molecular formula is C10H11F3N2O3S. The number of amides is 1. The summed E-state index contributed by atoms with van der Waals surface area (Å²) in [6, 6.07) is 4.52. The maximum absolute atomic E-state index is 12.5. The molecule has 0 saturated carbocycles. The normalized spacial score (nSPS) is 12.0. The number of rotatable bonds is 4. The van der Waals surface area contributed by atoms with Crippen molar-refractivity contribution in [2.45, 2.75) is 10.4 Å². The molecule has 0 aromatic heterocycles. The molecule has 0 bridgehead atoms. The van der Waals surface area contributed by atoms with E-state index in [9.17, 15) is 26.4 Å². The number of nitrogens with one attached hydrogen (secondary N) is 2. The van der Waals surface area contributed by atoms with Crippen LogP contribution in [0.2, 0.25) is 0 Å². The van der Waals surface area contributed by atoms with Gasteiger partial charge in [-0.25, -0.2) is 8.42 Å². The summed E-state index contributed by atoms with van der Waals surface area (Å²) in [6.07, 6.45) is 0. The Bertz CT molecular complexity index is 570. The molecule has 1 aromatic rings. The Hall–Kier alpha value is -1.77. The highest BCUT2D eigenvalue weighted by atomic mass is 32.2. The van der Waals surface area contributed by atoms with E-state index >= 15 is 0 Å². The number of likely N-dealkylation sites (N-methyl/N-ethyl adjacent to an activating group) is 1. The van der Waals surface area contributed by atoms with Gasteiger partial charge in [-0.15, -0.1) is 0 Å². The van der Waals surface area contributed by atoms with Gasteiger partial charge in [-0.05, 0) is 12.1 Å². The van der Waals surface area contributed by atoms with E-state index in [0.717, 1.165) is 12.1 Å². The van der Waals surface area contributed by atoms with Crippen LogP contribution in [-0.2, 0) is 14.6 Å². The smallest absolute Gasteiger partial charge is 0.375 e. The highest BCUT2D eigenvalue weighted by Crippen LogP contribution is 2.33. The molecule has 0 unspecified atom stereocenters. The fourth-order valence-electron chi connectivity index (χ4n) is 1.24. The van der Waals surface area contributed by atoms with Gasteiger partial charge in [-0.3, -0.25) is 4.79 Å². The van der Waals surface area contributed by atoms with E-state index in [1.54, 1.807) is 0 Å². The number of para-hydroxylation sites is 1. The van der Waals surface area contributed by atoms with Crippen LogP contribution < -0.4 is 10.6 Å². The SMILES string of the molecule is CNC(=O)CNc1ccccc1S(=O)(=O)C(F)(F)F. The van der Waals surface area contributed by atoms with Gasteiger partial charge in [0.25, 0.3) is 9.84 Å². The van der Waals surface area contributed by atoms with Gasteiger partial charge >= 0.3 is 5.51 Å². The Morgan fingerprint density at radius 2 is 1.84 bits per heavy atom. The second-order valence-corrected chi connectivity index (χ2v) is 5.38. The van der Waals surface area contributed by atoms with E-state index in [-0.39, 0.29) is 12.2 Å². The molecule has 0 atom stereocenters. The average Bonchev–Trinajstić information content (AvgIpc) is 2.34. The lowest BCUT2D eigenvalue weighted by Gasteiger charge is -2.13. The molecule has 1 aromatic carbocycles. The monoisotopic (exact) mass is 296 g/mol. The highest BCUT2D eigenvalue weighted by molar-refractivity contribution is 7.92. The molecule has 0 heterocycles. The van der Waals surface area contributed by atoms with Gasteiger partial charge in [0.1, 0.15) is 0 Å². The van der Waals surface area contributed by atoms with Crippen molar-refractivity contribution in [3.8, 4) is 0 Å². The molecule has 0 saturated heterocycles. The minimum Gasteiger partial charge on any atom is -0.375 e. The summed E-state index contributed by atoms with van der Waals surface area (Å²) in [5.41, 5.74) is -5.67. The number of hydrogen-bond donors (Lipinski definition) is 2. The van der Waals surface area contributed by atoms with Crippen LogP contribution in [0, 0.1) is 0 Å². The minimum atomic E-state index is -5.46. The van der Waals surface area contributed by atoms with Crippen molar-refractivity contribution in [2.75, 3.05) is 18.9 Å². The lowest BCUT2D eigenvalue weighted by Crippen LogP contribution is -2.28. The number of carbonyl (C=O) groups excluding carboxylic acids is 1. The number of alkyl halides is 3. The van der Waals surface area contributed by atoms with Gasteiger partial charge < -0.3 is 10.6 Å². The highest BCUT2D eigenvalue weighted by Gasteiger charge is 2.47. The molecule has 0 aliphatic heterocycles. The third-order valence-electron chi connectivity index (χ3n) is 2.20. The molecular weight excluding hydrogens is 285 g/mol. The first kappa shape index (κ1) is 15.3. The molecule has 0 spiro atoms. The van der Waals surface area contributed by atoms with E-state index < -0.39 is 26.1 Å². The Morgan fingerprint density at radius 3 is 2.37 bits per heavy atom. The number of anilines is 1. The van der Waals surface area contributed by atoms with E-state index in [1.165, 1.54) is 19.2 Å². The van der Waals surface area contributed by atoms with Crippen LogP contribution in [0.25, 0.3) is 0 Å². The van der Waals surface area contributed by atoms with E-state index in [2.05, 4.69) is 10.6 Å². The molecule has 0 fully saturated rings. The van der Waals surface area contributed by atoms with Crippen molar-refractivity contribution >= 4 is 21.4 Å². The van der Waals surface area contributed by atoms with Crippen LogP contribution in [0.1, 0.15) is 0 Å². The lowest BCUT2D eigenvalue weighted by molar-refractivity contribution is -0.118. The summed E-state index contributed by atoms with van der Waals surface area (Å²) >= 11 is 0. The van der Waals surface area contributed by atoms with Crippen molar-refractivity contribution < 1.29 is 26.4 Å². The number of halogens is 3. The van der Waals surface area contributed by atoms with Crippen LogP contribution in [0.3, 0.4) is 0 Å². The predicted molar refractivity (Wildman–Crippen MR) is 62.2 cm³/mol. The summed E-state index contributed by atoms with van der Waals surface area (Å²) in [5.74, 6) is -0.487. The number of benzene rings is 1. The first-order chi connectivity index (χ1) is 8.70. The minimum absolute atomic E-state index is 0.275. The first-order valence-electron chi connectivity index (χ1n) is 5.05. The molecule has 1 amide bonds. The molecule has 19 heavy (non-hydrogen) atoms. The number of carbonyl (C=O) groups is 1. The van der Waals surface area contributed by atoms with Crippen LogP contribution in [0.4, 0.5) is 18.9 Å². The van der Waals surface area contributed by atoms with Crippen molar-refractivity contribution in [3.63, 3.8) is 0 Å². The van der Waals surface area contributed by atoms with Gasteiger partial charge in [0.15, 0.2) is 0 Å². The first-order valence-corrected chi connectivity index (χ1v) is 6.53. The molecule has 0 aliphatic carbocycles. The van der Waals surface area contributed by atoms with Gasteiger partial charge in [0.2, 0.25) is 5.91 Å². The number of hydrogen-bond acceptors (Lipinski definition) is 4. The fraction of sp³-hybridized carbons (Fsp3) is 0.300. The standard InChI is InChI=1S/C10H11F3N2O3S/c1-14-9(16)6-15-7-4-2-3-5-8(7)19(17,18)10(11,12)13/h2-5,15H,6H2,1H3,(H,14,16). The van der Waals surface area contributed by atoms with Gasteiger partial charge in [0.05, 0.1) is 17.1 Å². The molecule has 2 N–H and O–H groups in total. The molecule has 0 radical (unpaired) electrons. The van der Waals surface area contributed by atoms with E-state index in [4.69, 9.17) is 0 Å². The molecule has 0 aliphatic rings. The third kappa shape index (κ3) is 3.37. The summed E-state index contributed by atoms with van der Waals surface area (Å²) in [5, 5.41) is 4.60. The average molecular weight is 296 g/mol. The fourth-order valence-corrected chi connectivity index (χ4v) is 2.17. The van der Waals surface area contributed by atoms with Crippen molar-refractivity contribution in [2.24, 2.45) is 0 Å². The molecule has 5 nitrogen and oxygen atoms in total. The second-order valence-electron chi connectivity index (χ2n) is 3.47. The summed E-state index contributed by atoms with van der Waals surface area (Å²) < 4.78 is 60.1. The Balaban J connectivity index is 3.14. The summed E-state index contributed by atoms with van der Waals surface area (Å²) in [7, 11) is -4.11. The van der Waals surface area contributed by atoms with Gasteiger partial charge in [-0.2, -0.15) is 13.2 Å². The largest absolute Gasteiger partial charge is 0.501 e. The Morgan fingerprint density at radius 1 is 1.26 bits per heavy atom. The zero-order valence-corrected chi connectivity index (χ0v) is 10.6. The van der Waals surface area contributed by atoms with Gasteiger partial charge in [0, 0.05) is 7.05 Å². The van der Waals surface area contributed by atoms with Crippen molar-refractivity contribution in [1.82, 2.24) is 5.32 Å². The van der Waals surface area contributed by atoms with Crippen molar-refractivity contribution in [3.05, 3.63) is 24.3 Å².